The molecule has 2 atom stereocenters. The summed E-state index contributed by atoms with van der Waals surface area (Å²) in [4.78, 5) is 39.9. The van der Waals surface area contributed by atoms with Crippen LogP contribution in [-0.2, 0) is 14.3 Å². The van der Waals surface area contributed by atoms with Gasteiger partial charge in [0.2, 0.25) is 5.91 Å². The average molecular weight is 456 g/mol. The van der Waals surface area contributed by atoms with Crippen LogP contribution < -0.4 is 10.6 Å². The van der Waals surface area contributed by atoms with E-state index in [1.807, 2.05) is 55.5 Å². The SMILES string of the molecule is Cc1cccc(NC(=O)NCC(=O)N2[C@@H](c3ccccc3)SC[C@H]2C(=O)OC(C)(C)C)c1. The van der Waals surface area contributed by atoms with Gasteiger partial charge in [0.25, 0.3) is 0 Å². The van der Waals surface area contributed by atoms with Crippen LogP contribution in [0, 0.1) is 6.92 Å². The Morgan fingerprint density at radius 1 is 1.09 bits per heavy atom. The molecule has 1 saturated heterocycles. The van der Waals surface area contributed by atoms with Crippen molar-refractivity contribution in [2.45, 2.75) is 44.7 Å². The normalized spacial score (nSPS) is 18.2. The molecular weight excluding hydrogens is 426 g/mol. The Kier molecular flexibility index (Phi) is 7.45. The number of hydrogen-bond donors (Lipinski definition) is 2. The first kappa shape index (κ1) is 23.7. The Morgan fingerprint density at radius 3 is 2.47 bits per heavy atom. The lowest BCUT2D eigenvalue weighted by Crippen LogP contribution is -2.49. The zero-order valence-electron chi connectivity index (χ0n) is 18.8. The summed E-state index contributed by atoms with van der Waals surface area (Å²) in [5, 5.41) is 4.99. The number of anilines is 1. The molecule has 0 spiro atoms. The van der Waals surface area contributed by atoms with Gasteiger partial charge in [-0.3, -0.25) is 4.79 Å². The molecule has 0 saturated carbocycles. The average Bonchev–Trinajstić information content (AvgIpc) is 3.17. The molecule has 1 fully saturated rings. The number of thioether (sulfide) groups is 1. The van der Waals surface area contributed by atoms with Crippen molar-refractivity contribution in [2.75, 3.05) is 17.6 Å². The zero-order valence-corrected chi connectivity index (χ0v) is 19.6. The van der Waals surface area contributed by atoms with Gasteiger partial charge in [-0.25, -0.2) is 9.59 Å². The highest BCUT2D eigenvalue weighted by molar-refractivity contribution is 7.99. The number of nitrogens with zero attached hydrogens (tertiary/aromatic N) is 1. The maximum atomic E-state index is 13.2. The summed E-state index contributed by atoms with van der Waals surface area (Å²) < 4.78 is 5.56. The fourth-order valence-corrected chi connectivity index (χ4v) is 4.82. The van der Waals surface area contributed by atoms with Gasteiger partial charge in [-0.1, -0.05) is 42.5 Å². The van der Waals surface area contributed by atoms with Gasteiger partial charge in [-0.2, -0.15) is 0 Å². The number of hydrogen-bond acceptors (Lipinski definition) is 5. The van der Waals surface area contributed by atoms with E-state index in [2.05, 4.69) is 10.6 Å². The van der Waals surface area contributed by atoms with E-state index in [1.165, 1.54) is 16.7 Å². The van der Waals surface area contributed by atoms with Crippen LogP contribution in [0.25, 0.3) is 0 Å². The van der Waals surface area contributed by atoms with Crippen LogP contribution in [0.4, 0.5) is 10.5 Å². The van der Waals surface area contributed by atoms with Crippen molar-refractivity contribution in [3.05, 3.63) is 65.7 Å². The van der Waals surface area contributed by atoms with Crippen LogP contribution >= 0.6 is 11.8 Å². The van der Waals surface area contributed by atoms with Crippen molar-refractivity contribution in [2.24, 2.45) is 0 Å². The van der Waals surface area contributed by atoms with E-state index in [9.17, 15) is 14.4 Å². The molecule has 0 aromatic heterocycles. The summed E-state index contributed by atoms with van der Waals surface area (Å²) in [5.41, 5.74) is 1.91. The Balaban J connectivity index is 1.71. The highest BCUT2D eigenvalue weighted by Gasteiger charge is 2.43. The minimum atomic E-state index is -0.724. The van der Waals surface area contributed by atoms with Crippen molar-refractivity contribution >= 4 is 35.4 Å². The van der Waals surface area contributed by atoms with Crippen molar-refractivity contribution < 1.29 is 19.1 Å². The Hall–Kier alpha value is -3.00. The molecule has 0 bridgehead atoms. The number of carbonyl (C=O) groups is 3. The van der Waals surface area contributed by atoms with Crippen LogP contribution in [0.1, 0.15) is 37.3 Å². The molecule has 2 aromatic rings. The number of esters is 1. The Morgan fingerprint density at radius 2 is 1.81 bits per heavy atom. The lowest BCUT2D eigenvalue weighted by Gasteiger charge is -2.30. The maximum absolute atomic E-state index is 13.2. The molecule has 1 heterocycles. The molecule has 0 radical (unpaired) electrons. The lowest BCUT2D eigenvalue weighted by atomic mass is 10.1. The summed E-state index contributed by atoms with van der Waals surface area (Å²) in [6.07, 6.45) is 0. The van der Waals surface area contributed by atoms with Gasteiger partial charge in [0, 0.05) is 11.4 Å². The van der Waals surface area contributed by atoms with Crippen LogP contribution in [0.2, 0.25) is 0 Å². The van der Waals surface area contributed by atoms with Gasteiger partial charge in [0.05, 0.1) is 6.54 Å². The van der Waals surface area contributed by atoms with Crippen molar-refractivity contribution in [3.63, 3.8) is 0 Å². The van der Waals surface area contributed by atoms with Gasteiger partial charge < -0.3 is 20.3 Å². The zero-order chi connectivity index (χ0) is 23.3. The first-order chi connectivity index (χ1) is 15.1. The van der Waals surface area contributed by atoms with E-state index in [0.29, 0.717) is 11.4 Å². The molecule has 3 amide bonds. The summed E-state index contributed by atoms with van der Waals surface area (Å²) in [7, 11) is 0. The van der Waals surface area contributed by atoms with Crippen molar-refractivity contribution in [1.82, 2.24) is 10.2 Å². The first-order valence-corrected chi connectivity index (χ1v) is 11.5. The molecule has 1 aliphatic rings. The molecule has 0 unspecified atom stereocenters. The first-order valence-electron chi connectivity index (χ1n) is 10.5. The standard InChI is InChI=1S/C24H29N3O4S/c1-16-9-8-12-18(13-16)26-23(30)25-14-20(28)27-19(22(29)31-24(2,3)4)15-32-21(27)17-10-6-5-7-11-17/h5-13,19,21H,14-15H2,1-4H3,(H2,25,26,30)/t19-,21+/m0/s1. The second-order valence-corrected chi connectivity index (χ2v) is 9.74. The van der Waals surface area contributed by atoms with E-state index in [0.717, 1.165) is 11.1 Å². The highest BCUT2D eigenvalue weighted by atomic mass is 32.2. The number of carbonyl (C=O) groups excluding carboxylic acids is 3. The van der Waals surface area contributed by atoms with Crippen molar-refractivity contribution in [3.8, 4) is 0 Å². The topological polar surface area (TPSA) is 87.7 Å². The van der Waals surface area contributed by atoms with Gasteiger partial charge >= 0.3 is 12.0 Å². The molecule has 3 rings (SSSR count). The lowest BCUT2D eigenvalue weighted by molar-refractivity contribution is -0.163. The molecule has 170 valence electrons. The quantitative estimate of drug-likeness (QED) is 0.663. The molecule has 7 nitrogen and oxygen atoms in total. The second-order valence-electron chi connectivity index (χ2n) is 8.62. The number of benzene rings is 2. The van der Waals surface area contributed by atoms with E-state index < -0.39 is 23.6 Å². The number of aryl methyl sites for hydroxylation is 1. The third-order valence-corrected chi connectivity index (χ3v) is 6.05. The largest absolute Gasteiger partial charge is 0.458 e. The van der Waals surface area contributed by atoms with Gasteiger partial charge in [0.15, 0.2) is 0 Å². The predicted octanol–water partition coefficient (Wildman–Crippen LogP) is 4.10. The highest BCUT2D eigenvalue weighted by Crippen LogP contribution is 2.41. The number of amides is 3. The summed E-state index contributed by atoms with van der Waals surface area (Å²) in [5.74, 6) is -0.365. The summed E-state index contributed by atoms with van der Waals surface area (Å²) >= 11 is 1.51. The van der Waals surface area contributed by atoms with Gasteiger partial charge in [-0.05, 0) is 51.0 Å². The molecule has 2 aromatic carbocycles. The van der Waals surface area contributed by atoms with E-state index in [-0.39, 0.29) is 17.8 Å². The van der Waals surface area contributed by atoms with Crippen LogP contribution in [0.15, 0.2) is 54.6 Å². The monoisotopic (exact) mass is 455 g/mol. The molecule has 2 N–H and O–H groups in total. The van der Waals surface area contributed by atoms with E-state index in [4.69, 9.17) is 4.74 Å². The Labute approximate surface area is 192 Å². The van der Waals surface area contributed by atoms with Crippen molar-refractivity contribution in [1.29, 1.82) is 0 Å². The second kappa shape index (κ2) is 10.1. The smallest absolute Gasteiger partial charge is 0.330 e. The molecule has 1 aliphatic heterocycles. The summed E-state index contributed by atoms with van der Waals surface area (Å²) in [6.45, 7) is 7.08. The molecule has 32 heavy (non-hydrogen) atoms. The van der Waals surface area contributed by atoms with E-state index in [1.54, 1.807) is 26.8 Å². The van der Waals surface area contributed by atoms with Gasteiger partial charge in [-0.15, -0.1) is 11.8 Å². The van der Waals surface area contributed by atoms with Crippen LogP contribution in [0.5, 0.6) is 0 Å². The van der Waals surface area contributed by atoms with Crippen LogP contribution in [-0.4, -0.2) is 46.7 Å². The van der Waals surface area contributed by atoms with Crippen LogP contribution in [0.3, 0.4) is 0 Å². The third-order valence-electron chi connectivity index (χ3n) is 4.73. The number of ether oxygens (including phenoxy) is 1. The summed E-state index contributed by atoms with van der Waals surface area (Å²) in [6, 6.07) is 15.7. The fraction of sp³-hybridized carbons (Fsp3) is 0.375. The third kappa shape index (κ3) is 6.26. The molecular formula is C24H29N3O4S. The maximum Gasteiger partial charge on any atom is 0.330 e. The minimum absolute atomic E-state index is 0.235. The molecule has 8 heteroatoms. The predicted molar refractivity (Wildman–Crippen MR) is 126 cm³/mol. The van der Waals surface area contributed by atoms with E-state index >= 15 is 0 Å². The van der Waals surface area contributed by atoms with Gasteiger partial charge in [0.1, 0.15) is 17.0 Å². The number of rotatable bonds is 5. The molecule has 0 aliphatic carbocycles. The number of urea groups is 1. The fourth-order valence-electron chi connectivity index (χ4n) is 3.38. The minimum Gasteiger partial charge on any atom is -0.458 e. The number of nitrogens with one attached hydrogen (secondary N) is 2. The Bertz CT molecular complexity index is 975.